The summed E-state index contributed by atoms with van der Waals surface area (Å²) >= 11 is 0. The Labute approximate surface area is 154 Å². The van der Waals surface area contributed by atoms with E-state index in [-0.39, 0.29) is 11.9 Å². The fourth-order valence-corrected chi connectivity index (χ4v) is 3.16. The SMILES string of the molecule is C/C(=N/NC(=O)c1ccc(C)cc1)[C@H](c1ccccc1)N1CCOCC1. The van der Waals surface area contributed by atoms with E-state index in [9.17, 15) is 4.79 Å². The van der Waals surface area contributed by atoms with E-state index >= 15 is 0 Å². The Morgan fingerprint density at radius 1 is 1.08 bits per heavy atom. The molecule has 1 aliphatic heterocycles. The van der Waals surface area contributed by atoms with Crippen LogP contribution >= 0.6 is 0 Å². The van der Waals surface area contributed by atoms with Crippen LogP contribution in [0.2, 0.25) is 0 Å². The zero-order valence-corrected chi connectivity index (χ0v) is 15.3. The quantitative estimate of drug-likeness (QED) is 0.665. The summed E-state index contributed by atoms with van der Waals surface area (Å²) in [6, 6.07) is 17.8. The van der Waals surface area contributed by atoms with Gasteiger partial charge in [0.1, 0.15) is 0 Å². The van der Waals surface area contributed by atoms with Gasteiger partial charge in [0.05, 0.1) is 25.0 Å². The number of amides is 1. The number of rotatable bonds is 5. The summed E-state index contributed by atoms with van der Waals surface area (Å²) in [4.78, 5) is 14.7. The summed E-state index contributed by atoms with van der Waals surface area (Å²) in [5, 5.41) is 4.41. The molecule has 0 radical (unpaired) electrons. The van der Waals surface area contributed by atoms with Gasteiger partial charge < -0.3 is 4.74 Å². The van der Waals surface area contributed by atoms with Gasteiger partial charge in [-0.25, -0.2) is 5.43 Å². The van der Waals surface area contributed by atoms with Crippen LogP contribution < -0.4 is 5.43 Å². The van der Waals surface area contributed by atoms with Crippen LogP contribution in [0.1, 0.15) is 34.5 Å². The highest BCUT2D eigenvalue weighted by Crippen LogP contribution is 2.23. The number of aryl methyl sites for hydroxylation is 1. The third kappa shape index (κ3) is 4.56. The molecular formula is C21H25N3O2. The largest absolute Gasteiger partial charge is 0.379 e. The minimum Gasteiger partial charge on any atom is -0.379 e. The topological polar surface area (TPSA) is 53.9 Å². The van der Waals surface area contributed by atoms with Gasteiger partial charge in [-0.15, -0.1) is 0 Å². The van der Waals surface area contributed by atoms with Crippen molar-refractivity contribution in [1.29, 1.82) is 0 Å². The maximum atomic E-state index is 12.3. The first-order valence-electron chi connectivity index (χ1n) is 8.93. The maximum absolute atomic E-state index is 12.3. The maximum Gasteiger partial charge on any atom is 0.271 e. The summed E-state index contributed by atoms with van der Waals surface area (Å²) in [5.41, 5.74) is 6.45. The molecular weight excluding hydrogens is 326 g/mol. The van der Waals surface area contributed by atoms with E-state index in [1.165, 1.54) is 5.56 Å². The highest BCUT2D eigenvalue weighted by atomic mass is 16.5. The van der Waals surface area contributed by atoms with Gasteiger partial charge in [-0.05, 0) is 31.5 Å². The van der Waals surface area contributed by atoms with Crippen LogP contribution in [0.5, 0.6) is 0 Å². The van der Waals surface area contributed by atoms with E-state index in [0.717, 1.165) is 24.4 Å². The Morgan fingerprint density at radius 2 is 1.73 bits per heavy atom. The second kappa shape index (κ2) is 8.74. The molecule has 1 saturated heterocycles. The van der Waals surface area contributed by atoms with Gasteiger partial charge in [0.25, 0.3) is 5.91 Å². The highest BCUT2D eigenvalue weighted by molar-refractivity contribution is 5.96. The van der Waals surface area contributed by atoms with Crippen LogP contribution in [0.25, 0.3) is 0 Å². The molecule has 2 aromatic rings. The fraction of sp³-hybridized carbons (Fsp3) is 0.333. The number of nitrogens with one attached hydrogen (secondary N) is 1. The molecule has 1 atom stereocenters. The van der Waals surface area contributed by atoms with Crippen molar-refractivity contribution >= 4 is 11.6 Å². The Hall–Kier alpha value is -2.50. The van der Waals surface area contributed by atoms with Gasteiger partial charge in [0.15, 0.2) is 0 Å². The Bertz CT molecular complexity index is 751. The van der Waals surface area contributed by atoms with E-state index in [1.807, 2.05) is 56.3 Å². The highest BCUT2D eigenvalue weighted by Gasteiger charge is 2.25. The zero-order chi connectivity index (χ0) is 18.4. The number of morpholine rings is 1. The lowest BCUT2D eigenvalue weighted by Crippen LogP contribution is -2.42. The molecule has 2 aromatic carbocycles. The van der Waals surface area contributed by atoms with E-state index < -0.39 is 0 Å². The summed E-state index contributed by atoms with van der Waals surface area (Å²) < 4.78 is 5.48. The second-order valence-corrected chi connectivity index (χ2v) is 6.52. The third-order valence-corrected chi connectivity index (χ3v) is 4.57. The van der Waals surface area contributed by atoms with Crippen molar-refractivity contribution in [3.63, 3.8) is 0 Å². The first-order valence-corrected chi connectivity index (χ1v) is 8.93. The van der Waals surface area contributed by atoms with Crippen LogP contribution in [0.15, 0.2) is 59.7 Å². The van der Waals surface area contributed by atoms with Crippen LogP contribution in [0.4, 0.5) is 0 Å². The molecule has 136 valence electrons. The van der Waals surface area contributed by atoms with E-state index in [0.29, 0.717) is 18.8 Å². The van der Waals surface area contributed by atoms with Crippen molar-refractivity contribution in [1.82, 2.24) is 10.3 Å². The molecule has 0 saturated carbocycles. The lowest BCUT2D eigenvalue weighted by atomic mass is 10.0. The Kier molecular flexibility index (Phi) is 6.15. The van der Waals surface area contributed by atoms with Crippen LogP contribution in [0.3, 0.4) is 0 Å². The van der Waals surface area contributed by atoms with Crippen molar-refractivity contribution in [2.24, 2.45) is 5.10 Å². The molecule has 0 unspecified atom stereocenters. The molecule has 1 aliphatic rings. The summed E-state index contributed by atoms with van der Waals surface area (Å²) in [6.07, 6.45) is 0. The predicted octanol–water partition coefficient (Wildman–Crippen LogP) is 3.17. The van der Waals surface area contributed by atoms with Crippen molar-refractivity contribution in [3.8, 4) is 0 Å². The number of hydrazone groups is 1. The predicted molar refractivity (Wildman–Crippen MR) is 103 cm³/mol. The lowest BCUT2D eigenvalue weighted by Gasteiger charge is -2.34. The standard InChI is InChI=1S/C21H25N3O2/c1-16-8-10-19(11-9-16)21(25)23-22-17(2)20(18-6-4-3-5-7-18)24-12-14-26-15-13-24/h3-11,20H,12-15H2,1-2H3,(H,23,25)/b22-17-/t20-/m1/s1. The van der Waals surface area contributed by atoms with Crippen molar-refractivity contribution < 1.29 is 9.53 Å². The van der Waals surface area contributed by atoms with Crippen LogP contribution in [0, 0.1) is 6.92 Å². The molecule has 5 nitrogen and oxygen atoms in total. The van der Waals surface area contributed by atoms with E-state index in [2.05, 4.69) is 27.6 Å². The summed E-state index contributed by atoms with van der Waals surface area (Å²) in [6.45, 7) is 7.08. The van der Waals surface area contributed by atoms with Crippen molar-refractivity contribution in [3.05, 3.63) is 71.3 Å². The van der Waals surface area contributed by atoms with Gasteiger partial charge in [0, 0.05) is 18.7 Å². The monoisotopic (exact) mass is 351 g/mol. The fourth-order valence-electron chi connectivity index (χ4n) is 3.16. The molecule has 0 spiro atoms. The first kappa shape index (κ1) is 18.3. The number of nitrogens with zero attached hydrogens (tertiary/aromatic N) is 2. The molecule has 1 amide bonds. The number of carbonyl (C=O) groups is 1. The summed E-state index contributed by atoms with van der Waals surface area (Å²) in [7, 11) is 0. The molecule has 26 heavy (non-hydrogen) atoms. The third-order valence-electron chi connectivity index (χ3n) is 4.57. The zero-order valence-electron chi connectivity index (χ0n) is 15.3. The number of hydrogen-bond donors (Lipinski definition) is 1. The molecule has 5 heteroatoms. The molecule has 1 fully saturated rings. The second-order valence-electron chi connectivity index (χ2n) is 6.52. The molecule has 0 aliphatic carbocycles. The van der Waals surface area contributed by atoms with Crippen LogP contribution in [-0.4, -0.2) is 42.8 Å². The van der Waals surface area contributed by atoms with Crippen molar-refractivity contribution in [2.45, 2.75) is 19.9 Å². The Morgan fingerprint density at radius 3 is 2.38 bits per heavy atom. The molecule has 0 aromatic heterocycles. The average Bonchev–Trinajstić information content (AvgIpc) is 2.68. The van der Waals surface area contributed by atoms with Gasteiger partial charge in [-0.1, -0.05) is 48.0 Å². The average molecular weight is 351 g/mol. The Balaban J connectivity index is 1.77. The molecule has 0 bridgehead atoms. The van der Waals surface area contributed by atoms with Gasteiger partial charge in [-0.3, -0.25) is 9.69 Å². The number of benzene rings is 2. The van der Waals surface area contributed by atoms with Gasteiger partial charge in [0.2, 0.25) is 0 Å². The van der Waals surface area contributed by atoms with Gasteiger partial charge in [-0.2, -0.15) is 5.10 Å². The van der Waals surface area contributed by atoms with Crippen LogP contribution in [-0.2, 0) is 4.74 Å². The van der Waals surface area contributed by atoms with E-state index in [1.54, 1.807) is 0 Å². The first-order chi connectivity index (χ1) is 12.6. The number of hydrogen-bond acceptors (Lipinski definition) is 4. The number of ether oxygens (including phenoxy) is 1. The molecule has 3 rings (SSSR count). The molecule has 1 N–H and O–H groups in total. The minimum atomic E-state index is -0.196. The molecule has 1 heterocycles. The lowest BCUT2D eigenvalue weighted by molar-refractivity contribution is 0.0285. The minimum absolute atomic E-state index is 0.0263. The smallest absolute Gasteiger partial charge is 0.271 e. The summed E-state index contributed by atoms with van der Waals surface area (Å²) in [5.74, 6) is -0.196. The van der Waals surface area contributed by atoms with E-state index in [4.69, 9.17) is 4.74 Å². The number of carbonyl (C=O) groups excluding carboxylic acids is 1. The van der Waals surface area contributed by atoms with Crippen molar-refractivity contribution in [2.75, 3.05) is 26.3 Å². The normalized spacial score (nSPS) is 16.9. The van der Waals surface area contributed by atoms with Gasteiger partial charge >= 0.3 is 0 Å².